The Balaban J connectivity index is 3.17. The number of carbonyl (C=O) groups is 1. The number of rotatable bonds is 4. The van der Waals surface area contributed by atoms with Gasteiger partial charge in [-0.15, -0.1) is 0 Å². The van der Waals surface area contributed by atoms with Gasteiger partial charge in [-0.2, -0.15) is 9.40 Å². The van der Waals surface area contributed by atoms with Gasteiger partial charge in [-0.1, -0.05) is 0 Å². The van der Waals surface area contributed by atoms with Gasteiger partial charge in [0.15, 0.2) is 0 Å². The number of nitrogens with zero attached hydrogens (tertiary/aromatic N) is 3. The monoisotopic (exact) mass is 275 g/mol. The predicted molar refractivity (Wildman–Crippen MR) is 64.5 cm³/mol. The standard InChI is InChI=1S/C10H17N3O4S/c1-7-10(8(2)13(4)11-7)18(15,16)12(3)6-9(14)17-5/h6H2,1-5H3. The molecule has 0 radical (unpaired) electrons. The normalized spacial score (nSPS) is 11.9. The summed E-state index contributed by atoms with van der Waals surface area (Å²) < 4.78 is 31.5. The van der Waals surface area contributed by atoms with Crippen molar-refractivity contribution in [2.45, 2.75) is 18.7 Å². The maximum Gasteiger partial charge on any atom is 0.321 e. The van der Waals surface area contributed by atoms with E-state index in [0.717, 1.165) is 4.31 Å². The molecule has 1 rings (SSSR count). The molecule has 102 valence electrons. The molecule has 1 aromatic heterocycles. The van der Waals surface area contributed by atoms with Crippen LogP contribution in [0, 0.1) is 13.8 Å². The van der Waals surface area contributed by atoms with Crippen LogP contribution < -0.4 is 0 Å². The van der Waals surface area contributed by atoms with E-state index in [1.165, 1.54) is 18.8 Å². The van der Waals surface area contributed by atoms with Gasteiger partial charge in [0, 0.05) is 14.1 Å². The third-order valence-corrected chi connectivity index (χ3v) is 4.75. The fourth-order valence-electron chi connectivity index (χ4n) is 1.61. The topological polar surface area (TPSA) is 81.5 Å². The quantitative estimate of drug-likeness (QED) is 0.713. The van der Waals surface area contributed by atoms with E-state index < -0.39 is 16.0 Å². The lowest BCUT2D eigenvalue weighted by Gasteiger charge is -2.15. The average Bonchev–Trinajstić information content (AvgIpc) is 2.52. The van der Waals surface area contributed by atoms with Crippen molar-refractivity contribution in [1.29, 1.82) is 0 Å². The smallest absolute Gasteiger partial charge is 0.321 e. The van der Waals surface area contributed by atoms with E-state index in [4.69, 9.17) is 0 Å². The van der Waals surface area contributed by atoms with Crippen LogP contribution in [0.15, 0.2) is 4.90 Å². The zero-order valence-electron chi connectivity index (χ0n) is 11.1. The van der Waals surface area contributed by atoms with Crippen molar-refractivity contribution in [3.05, 3.63) is 11.4 Å². The van der Waals surface area contributed by atoms with Gasteiger partial charge in [0.05, 0.1) is 18.5 Å². The molecule has 0 amide bonds. The number of likely N-dealkylation sites (N-methyl/N-ethyl adjacent to an activating group) is 1. The largest absolute Gasteiger partial charge is 0.468 e. The molecule has 7 nitrogen and oxygen atoms in total. The molecule has 0 aliphatic rings. The first-order valence-electron chi connectivity index (χ1n) is 5.25. The Hall–Kier alpha value is -1.41. The summed E-state index contributed by atoms with van der Waals surface area (Å²) in [6, 6.07) is 0. The van der Waals surface area contributed by atoms with Crippen molar-refractivity contribution in [1.82, 2.24) is 14.1 Å². The van der Waals surface area contributed by atoms with E-state index in [2.05, 4.69) is 9.84 Å². The minimum atomic E-state index is -3.74. The number of carbonyl (C=O) groups excluding carboxylic acids is 1. The molecule has 0 saturated carbocycles. The molecule has 0 spiro atoms. The molecular formula is C10H17N3O4S. The number of sulfonamides is 1. The lowest BCUT2D eigenvalue weighted by atomic mass is 10.4. The third kappa shape index (κ3) is 2.54. The van der Waals surface area contributed by atoms with Gasteiger partial charge in [-0.05, 0) is 13.8 Å². The molecule has 0 bridgehead atoms. The minimum absolute atomic E-state index is 0.136. The Bertz CT molecular complexity index is 562. The Morgan fingerprint density at radius 2 is 2.00 bits per heavy atom. The second-order valence-corrected chi connectivity index (χ2v) is 5.94. The molecule has 0 aliphatic carbocycles. The van der Waals surface area contributed by atoms with E-state index >= 15 is 0 Å². The number of hydrogen-bond donors (Lipinski definition) is 0. The second kappa shape index (κ2) is 5.07. The number of esters is 1. The average molecular weight is 275 g/mol. The highest BCUT2D eigenvalue weighted by atomic mass is 32.2. The number of hydrogen-bond acceptors (Lipinski definition) is 5. The van der Waals surface area contributed by atoms with Crippen LogP contribution in [0.4, 0.5) is 0 Å². The van der Waals surface area contributed by atoms with Crippen LogP contribution in [0.3, 0.4) is 0 Å². The molecule has 18 heavy (non-hydrogen) atoms. The van der Waals surface area contributed by atoms with Crippen LogP contribution in [-0.4, -0.2) is 49.2 Å². The van der Waals surface area contributed by atoms with Crippen molar-refractivity contribution in [2.24, 2.45) is 7.05 Å². The van der Waals surface area contributed by atoms with Gasteiger partial charge >= 0.3 is 5.97 Å². The van der Waals surface area contributed by atoms with E-state index in [1.807, 2.05) is 0 Å². The maximum absolute atomic E-state index is 12.3. The zero-order chi connectivity index (χ0) is 14.1. The molecule has 0 saturated heterocycles. The lowest BCUT2D eigenvalue weighted by molar-refractivity contribution is -0.140. The lowest BCUT2D eigenvalue weighted by Crippen LogP contribution is -2.33. The molecule has 1 aromatic rings. The Labute approximate surface area is 106 Å². The molecule has 0 fully saturated rings. The summed E-state index contributed by atoms with van der Waals surface area (Å²) in [5.74, 6) is -0.611. The molecule has 0 atom stereocenters. The fourth-order valence-corrected chi connectivity index (χ4v) is 3.12. The number of aryl methyl sites for hydroxylation is 2. The van der Waals surface area contributed by atoms with Crippen LogP contribution in [-0.2, 0) is 26.6 Å². The molecule has 0 aliphatic heterocycles. The van der Waals surface area contributed by atoms with E-state index in [1.54, 1.807) is 20.9 Å². The van der Waals surface area contributed by atoms with Crippen molar-refractivity contribution in [3.8, 4) is 0 Å². The Kier molecular flexibility index (Phi) is 4.12. The first kappa shape index (κ1) is 14.7. The SMILES string of the molecule is COC(=O)CN(C)S(=O)(=O)c1c(C)nn(C)c1C. The van der Waals surface area contributed by atoms with Crippen LogP contribution in [0.2, 0.25) is 0 Å². The summed E-state index contributed by atoms with van der Waals surface area (Å²) in [4.78, 5) is 11.3. The summed E-state index contributed by atoms with van der Waals surface area (Å²) in [6.45, 7) is 2.96. The van der Waals surface area contributed by atoms with Gasteiger partial charge < -0.3 is 4.74 Å². The summed E-state index contributed by atoms with van der Waals surface area (Å²) >= 11 is 0. The van der Waals surface area contributed by atoms with Crippen molar-refractivity contribution >= 4 is 16.0 Å². The molecular weight excluding hydrogens is 258 g/mol. The summed E-state index contributed by atoms with van der Waals surface area (Å²) in [6.07, 6.45) is 0. The first-order chi connectivity index (χ1) is 8.21. The predicted octanol–water partition coefficient (Wildman–Crippen LogP) is -0.170. The van der Waals surface area contributed by atoms with Crippen LogP contribution in [0.1, 0.15) is 11.4 Å². The van der Waals surface area contributed by atoms with Crippen LogP contribution in [0.5, 0.6) is 0 Å². The van der Waals surface area contributed by atoms with Crippen LogP contribution >= 0.6 is 0 Å². The van der Waals surface area contributed by atoms with Crippen molar-refractivity contribution < 1.29 is 17.9 Å². The van der Waals surface area contributed by atoms with Gasteiger partial charge in [-0.3, -0.25) is 9.48 Å². The van der Waals surface area contributed by atoms with Crippen LogP contribution in [0.25, 0.3) is 0 Å². The highest BCUT2D eigenvalue weighted by Crippen LogP contribution is 2.21. The van der Waals surface area contributed by atoms with Gasteiger partial charge in [0.1, 0.15) is 11.4 Å². The van der Waals surface area contributed by atoms with E-state index in [9.17, 15) is 13.2 Å². The molecule has 1 heterocycles. The summed E-state index contributed by atoms with van der Waals surface area (Å²) in [5.41, 5.74) is 0.941. The van der Waals surface area contributed by atoms with Gasteiger partial charge in [-0.25, -0.2) is 8.42 Å². The third-order valence-electron chi connectivity index (χ3n) is 2.69. The van der Waals surface area contributed by atoms with Crippen molar-refractivity contribution in [2.75, 3.05) is 20.7 Å². The summed E-state index contributed by atoms with van der Waals surface area (Å²) in [7, 11) is 0.476. The maximum atomic E-state index is 12.3. The molecule has 0 N–H and O–H groups in total. The van der Waals surface area contributed by atoms with E-state index in [-0.39, 0.29) is 11.4 Å². The number of aromatic nitrogens is 2. The Morgan fingerprint density at radius 3 is 2.39 bits per heavy atom. The second-order valence-electron chi connectivity index (χ2n) is 3.96. The highest BCUT2D eigenvalue weighted by Gasteiger charge is 2.29. The molecule has 0 unspecified atom stereocenters. The molecule has 0 aromatic carbocycles. The van der Waals surface area contributed by atoms with Gasteiger partial charge in [0.25, 0.3) is 0 Å². The number of methoxy groups -OCH3 is 1. The Morgan fingerprint density at radius 1 is 1.44 bits per heavy atom. The van der Waals surface area contributed by atoms with Gasteiger partial charge in [0.2, 0.25) is 10.0 Å². The zero-order valence-corrected chi connectivity index (χ0v) is 11.9. The number of ether oxygens (including phenoxy) is 1. The van der Waals surface area contributed by atoms with Crippen molar-refractivity contribution in [3.63, 3.8) is 0 Å². The minimum Gasteiger partial charge on any atom is -0.468 e. The van der Waals surface area contributed by atoms with E-state index in [0.29, 0.717) is 11.4 Å². The fraction of sp³-hybridized carbons (Fsp3) is 0.600. The highest BCUT2D eigenvalue weighted by molar-refractivity contribution is 7.89. The first-order valence-corrected chi connectivity index (χ1v) is 6.69. The summed E-state index contributed by atoms with van der Waals surface area (Å²) in [5, 5.41) is 4.05. The molecule has 8 heteroatoms.